The molecule has 1 aliphatic rings. The zero-order valence-corrected chi connectivity index (χ0v) is 14.3. The molecule has 5 nitrogen and oxygen atoms in total. The number of nitrogens with one attached hydrogen (secondary N) is 2. The van der Waals surface area contributed by atoms with E-state index >= 15 is 0 Å². The van der Waals surface area contributed by atoms with E-state index in [1.807, 2.05) is 4.90 Å². The van der Waals surface area contributed by atoms with Gasteiger partial charge in [-0.3, -0.25) is 9.59 Å². The minimum atomic E-state index is -0.0298. The number of hydrogen-bond acceptors (Lipinski definition) is 2. The van der Waals surface area contributed by atoms with Crippen LogP contribution in [0.15, 0.2) is 36.5 Å². The molecule has 1 aromatic heterocycles. The van der Waals surface area contributed by atoms with Gasteiger partial charge in [-0.25, -0.2) is 0 Å². The molecule has 0 spiro atoms. The van der Waals surface area contributed by atoms with Crippen LogP contribution in [-0.2, 0) is 6.54 Å². The van der Waals surface area contributed by atoms with Crippen molar-refractivity contribution in [2.75, 3.05) is 26.2 Å². The number of carbonyl (C=O) groups excluding carboxylic acids is 2. The quantitative estimate of drug-likeness (QED) is 0.826. The van der Waals surface area contributed by atoms with Gasteiger partial charge in [0.1, 0.15) is 12.2 Å². The first kappa shape index (κ1) is 16.5. The van der Waals surface area contributed by atoms with Crippen LogP contribution >= 0.6 is 0 Å². The van der Waals surface area contributed by atoms with Gasteiger partial charge in [-0.05, 0) is 25.5 Å². The predicted molar refractivity (Wildman–Crippen MR) is 92.3 cm³/mol. The molecule has 0 radical (unpaired) electrons. The summed E-state index contributed by atoms with van der Waals surface area (Å²) < 4.78 is 0. The summed E-state index contributed by atoms with van der Waals surface area (Å²) in [6, 6.07) is 10.1. The molecule has 2 aromatic rings. The van der Waals surface area contributed by atoms with E-state index in [1.165, 1.54) is 23.0 Å². The van der Waals surface area contributed by atoms with Gasteiger partial charge in [-0.2, -0.15) is 0 Å². The number of amides is 1. The summed E-state index contributed by atoms with van der Waals surface area (Å²) in [5.74, 6) is -0.0461. The van der Waals surface area contributed by atoms with Crippen LogP contribution in [0, 0.1) is 6.92 Å². The van der Waals surface area contributed by atoms with Crippen LogP contribution in [0.1, 0.15) is 38.9 Å². The number of piperazine rings is 1. The Morgan fingerprint density at radius 3 is 2.54 bits per heavy atom. The van der Waals surface area contributed by atoms with Gasteiger partial charge in [-0.15, -0.1) is 0 Å². The summed E-state index contributed by atoms with van der Waals surface area (Å²) >= 11 is 0. The fourth-order valence-corrected chi connectivity index (χ4v) is 3.17. The van der Waals surface area contributed by atoms with Gasteiger partial charge in [0.2, 0.25) is 0 Å². The van der Waals surface area contributed by atoms with Crippen molar-refractivity contribution in [2.24, 2.45) is 0 Å². The van der Waals surface area contributed by atoms with E-state index in [4.69, 9.17) is 0 Å². The van der Waals surface area contributed by atoms with E-state index in [2.05, 4.69) is 36.2 Å². The molecule has 1 saturated heterocycles. The average Bonchev–Trinajstić information content (AvgIpc) is 3.07. The van der Waals surface area contributed by atoms with E-state index in [0.717, 1.165) is 32.7 Å². The molecule has 24 heavy (non-hydrogen) atoms. The zero-order chi connectivity index (χ0) is 17.1. The molecular weight excluding hydrogens is 302 g/mol. The van der Waals surface area contributed by atoms with Crippen molar-refractivity contribution >= 4 is 11.7 Å². The van der Waals surface area contributed by atoms with Crippen molar-refractivity contribution in [2.45, 2.75) is 20.4 Å². The van der Waals surface area contributed by atoms with Crippen LogP contribution in [-0.4, -0.2) is 47.8 Å². The van der Waals surface area contributed by atoms with Gasteiger partial charge in [0.15, 0.2) is 5.78 Å². The number of Topliss-reactive ketones (excluding diaryl/α,β-unsaturated/α-hetero) is 1. The minimum Gasteiger partial charge on any atom is -0.356 e. The van der Waals surface area contributed by atoms with Crippen LogP contribution in [0.4, 0.5) is 0 Å². The zero-order valence-electron chi connectivity index (χ0n) is 14.3. The van der Waals surface area contributed by atoms with Crippen molar-refractivity contribution in [1.29, 1.82) is 0 Å². The number of aryl methyl sites for hydroxylation is 1. The molecule has 1 aromatic carbocycles. The van der Waals surface area contributed by atoms with Crippen molar-refractivity contribution < 1.29 is 14.5 Å². The van der Waals surface area contributed by atoms with Gasteiger partial charge < -0.3 is 14.8 Å². The molecule has 0 aliphatic carbocycles. The highest BCUT2D eigenvalue weighted by Crippen LogP contribution is 2.09. The Kier molecular flexibility index (Phi) is 4.81. The number of benzene rings is 1. The lowest BCUT2D eigenvalue weighted by Gasteiger charge is -2.32. The molecule has 0 bridgehead atoms. The molecule has 5 heteroatoms. The fraction of sp³-hybridized carbons (Fsp3) is 0.368. The molecule has 126 valence electrons. The van der Waals surface area contributed by atoms with Gasteiger partial charge in [0.05, 0.1) is 26.2 Å². The highest BCUT2D eigenvalue weighted by atomic mass is 16.2. The van der Waals surface area contributed by atoms with Gasteiger partial charge in [0.25, 0.3) is 5.91 Å². The topological polar surface area (TPSA) is 57.6 Å². The van der Waals surface area contributed by atoms with Crippen LogP contribution in [0.5, 0.6) is 0 Å². The lowest BCUT2D eigenvalue weighted by atomic mass is 10.1. The van der Waals surface area contributed by atoms with Gasteiger partial charge in [0, 0.05) is 17.3 Å². The number of H-pyrrole nitrogens is 1. The summed E-state index contributed by atoms with van der Waals surface area (Å²) in [5, 5.41) is 0. The molecule has 2 heterocycles. The number of rotatable bonds is 4. The summed E-state index contributed by atoms with van der Waals surface area (Å²) in [7, 11) is 0. The number of aromatic nitrogens is 1. The number of hydrogen-bond donors (Lipinski definition) is 2. The van der Waals surface area contributed by atoms with E-state index in [1.54, 1.807) is 12.3 Å². The summed E-state index contributed by atoms with van der Waals surface area (Å²) in [4.78, 5) is 30.2. The first-order chi connectivity index (χ1) is 11.5. The number of nitrogens with zero attached hydrogens (tertiary/aromatic N) is 1. The van der Waals surface area contributed by atoms with Crippen LogP contribution in [0.3, 0.4) is 0 Å². The van der Waals surface area contributed by atoms with Crippen LogP contribution in [0.2, 0.25) is 0 Å². The monoisotopic (exact) mass is 326 g/mol. The van der Waals surface area contributed by atoms with Crippen molar-refractivity contribution in [1.82, 2.24) is 9.88 Å². The van der Waals surface area contributed by atoms with Crippen molar-refractivity contribution in [3.63, 3.8) is 0 Å². The highest BCUT2D eigenvalue weighted by Gasteiger charge is 2.25. The Morgan fingerprint density at radius 1 is 1.21 bits per heavy atom. The second-order valence-corrected chi connectivity index (χ2v) is 6.50. The maximum Gasteiger partial charge on any atom is 0.270 e. The first-order valence-electron chi connectivity index (χ1n) is 8.41. The maximum absolute atomic E-state index is 12.5. The fourth-order valence-electron chi connectivity index (χ4n) is 3.17. The van der Waals surface area contributed by atoms with Gasteiger partial charge in [-0.1, -0.05) is 24.3 Å². The van der Waals surface area contributed by atoms with E-state index in [9.17, 15) is 9.59 Å². The smallest absolute Gasteiger partial charge is 0.270 e. The molecule has 2 N–H and O–H groups in total. The average molecular weight is 326 g/mol. The predicted octanol–water partition coefficient (Wildman–Crippen LogP) is 1.07. The third-order valence-corrected chi connectivity index (χ3v) is 4.78. The summed E-state index contributed by atoms with van der Waals surface area (Å²) in [6.07, 6.45) is 1.61. The third kappa shape index (κ3) is 3.57. The Morgan fingerprint density at radius 2 is 1.92 bits per heavy atom. The Hall–Kier alpha value is -2.40. The molecule has 0 saturated carbocycles. The number of aromatic amines is 1. The standard InChI is InChI=1S/C19H23N3O2/c1-14-5-3-4-6-16(14)13-21-7-9-22(10-8-21)19(24)18-11-17(12-20-18)15(2)23/h3-6,11-12,20H,7-10,13H2,1-2H3/p+1. The van der Waals surface area contributed by atoms with E-state index in [-0.39, 0.29) is 11.7 Å². The summed E-state index contributed by atoms with van der Waals surface area (Å²) in [6.45, 7) is 8.03. The molecule has 1 aliphatic heterocycles. The molecule has 3 rings (SSSR count). The van der Waals surface area contributed by atoms with Crippen molar-refractivity contribution in [3.8, 4) is 0 Å². The third-order valence-electron chi connectivity index (χ3n) is 4.78. The number of quaternary nitrogens is 1. The van der Waals surface area contributed by atoms with Crippen LogP contribution in [0.25, 0.3) is 0 Å². The Labute approximate surface area is 142 Å². The Balaban J connectivity index is 1.57. The van der Waals surface area contributed by atoms with E-state index < -0.39 is 0 Å². The second kappa shape index (κ2) is 7.01. The molecule has 0 unspecified atom stereocenters. The second-order valence-electron chi connectivity index (χ2n) is 6.50. The number of ketones is 1. The normalized spacial score (nSPS) is 15.5. The van der Waals surface area contributed by atoms with Crippen LogP contribution < -0.4 is 4.90 Å². The van der Waals surface area contributed by atoms with Gasteiger partial charge >= 0.3 is 0 Å². The van der Waals surface area contributed by atoms with E-state index in [0.29, 0.717) is 11.3 Å². The molecule has 1 amide bonds. The minimum absolute atomic E-state index is 0.0163. The maximum atomic E-state index is 12.5. The Bertz CT molecular complexity index is 743. The molecular formula is C19H24N3O2+. The lowest BCUT2D eigenvalue weighted by Crippen LogP contribution is -3.13. The first-order valence-corrected chi connectivity index (χ1v) is 8.41. The number of carbonyl (C=O) groups is 2. The highest BCUT2D eigenvalue weighted by molar-refractivity contribution is 5.99. The lowest BCUT2D eigenvalue weighted by molar-refractivity contribution is -0.917. The molecule has 1 fully saturated rings. The summed E-state index contributed by atoms with van der Waals surface area (Å²) in [5.41, 5.74) is 3.76. The molecule has 0 atom stereocenters. The van der Waals surface area contributed by atoms with Crippen molar-refractivity contribution in [3.05, 3.63) is 58.9 Å². The largest absolute Gasteiger partial charge is 0.356 e. The SMILES string of the molecule is CC(=O)c1c[nH]c(C(=O)N2CC[NH+](Cc3ccccc3C)CC2)c1.